The second kappa shape index (κ2) is 12.1. The molecule has 2 aromatic rings. The summed E-state index contributed by atoms with van der Waals surface area (Å²) in [6.07, 6.45) is 0.107. The third-order valence-electron chi connectivity index (χ3n) is 6.57. The molecule has 2 aromatic carbocycles. The van der Waals surface area contributed by atoms with E-state index in [1.54, 1.807) is 24.3 Å². The number of piperazine rings is 1. The molecule has 2 aliphatic rings. The van der Waals surface area contributed by atoms with Gasteiger partial charge in [-0.2, -0.15) is 0 Å². The van der Waals surface area contributed by atoms with E-state index in [1.165, 1.54) is 24.3 Å². The molecule has 0 saturated carbocycles. The van der Waals surface area contributed by atoms with Gasteiger partial charge in [-0.05, 0) is 55.5 Å². The summed E-state index contributed by atoms with van der Waals surface area (Å²) in [5, 5.41) is 9.10. The predicted octanol–water partition coefficient (Wildman–Crippen LogP) is 1.37. The first-order valence-electron chi connectivity index (χ1n) is 12.4. The third-order valence-corrected chi connectivity index (χ3v) is 6.57. The number of hydrogen-bond acceptors (Lipinski definition) is 9. The van der Waals surface area contributed by atoms with Crippen molar-refractivity contribution in [3.63, 3.8) is 0 Å². The van der Waals surface area contributed by atoms with Crippen LogP contribution < -0.4 is 9.64 Å². The van der Waals surface area contributed by atoms with Gasteiger partial charge in [0, 0.05) is 38.3 Å². The number of aliphatic hydroxyl groups is 1. The van der Waals surface area contributed by atoms with E-state index in [0.717, 1.165) is 18.0 Å². The number of aliphatic hydroxyl groups excluding tert-OH is 1. The van der Waals surface area contributed by atoms with Gasteiger partial charge in [-0.3, -0.25) is 24.2 Å². The van der Waals surface area contributed by atoms with Crippen LogP contribution in [0.2, 0.25) is 0 Å². The number of nitrogens with zero attached hydrogens (tertiary/aromatic N) is 3. The van der Waals surface area contributed by atoms with Crippen molar-refractivity contribution >= 4 is 29.3 Å². The van der Waals surface area contributed by atoms with Gasteiger partial charge < -0.3 is 14.6 Å². The topological polar surface area (TPSA) is 117 Å². The van der Waals surface area contributed by atoms with Gasteiger partial charge in [0.2, 0.25) is 5.91 Å². The number of hydrogen-bond donors (Lipinski definition) is 1. The minimum atomic E-state index is -0.677. The molecule has 0 spiro atoms. The van der Waals surface area contributed by atoms with Gasteiger partial charge >= 0.3 is 5.97 Å². The Labute approximate surface area is 215 Å². The fraction of sp³-hybridized carbons (Fsp3) is 0.407. The monoisotopic (exact) mass is 509 g/mol. The van der Waals surface area contributed by atoms with Crippen molar-refractivity contribution in [1.82, 2.24) is 9.80 Å². The molecule has 0 bridgehead atoms. The quantitative estimate of drug-likeness (QED) is 0.288. The van der Waals surface area contributed by atoms with Crippen LogP contribution in [-0.4, -0.2) is 97.1 Å². The molecule has 0 aromatic heterocycles. The number of ether oxygens (including phenoxy) is 2. The summed E-state index contributed by atoms with van der Waals surface area (Å²) in [7, 11) is 0. The molecular weight excluding hydrogens is 478 g/mol. The summed E-state index contributed by atoms with van der Waals surface area (Å²) in [6.45, 7) is 5.44. The number of Topliss-reactive ketones (excluding diaryl/α,β-unsaturated/α-hetero) is 1. The lowest BCUT2D eigenvalue weighted by molar-refractivity contribution is -0.123. The van der Waals surface area contributed by atoms with Gasteiger partial charge in [-0.15, -0.1) is 0 Å². The van der Waals surface area contributed by atoms with Gasteiger partial charge in [0.05, 0.1) is 36.9 Å². The predicted molar refractivity (Wildman–Crippen MR) is 135 cm³/mol. The molecule has 2 amide bonds. The average Bonchev–Trinajstić information content (AvgIpc) is 3.22. The van der Waals surface area contributed by atoms with Crippen LogP contribution in [0.1, 0.15) is 34.1 Å². The van der Waals surface area contributed by atoms with Crippen LogP contribution in [0.3, 0.4) is 0 Å². The minimum absolute atomic E-state index is 0.0945. The molecule has 196 valence electrons. The summed E-state index contributed by atoms with van der Waals surface area (Å²) in [5.74, 6) is -0.938. The van der Waals surface area contributed by atoms with E-state index in [9.17, 15) is 19.2 Å². The normalized spacial score (nSPS) is 18.8. The number of esters is 1. The number of imide groups is 1. The fourth-order valence-corrected chi connectivity index (χ4v) is 4.56. The standard InChI is InChI=1S/C27H31N3O7/c1-2-36-22-9-5-19(6-10-22)24(32)18-37-27(35)20-3-7-21(8-4-20)30-25(33)17-23(26(30)34)29-13-11-28(12-14-29)15-16-31/h3-10,23,31H,2,11-18H2,1H3. The molecule has 2 aliphatic heterocycles. The Morgan fingerprint density at radius 3 is 2.22 bits per heavy atom. The molecule has 10 nitrogen and oxygen atoms in total. The van der Waals surface area contributed by atoms with Gasteiger partial charge in [0.25, 0.3) is 5.91 Å². The van der Waals surface area contributed by atoms with Crippen LogP contribution in [0, 0.1) is 0 Å². The zero-order chi connectivity index (χ0) is 26.4. The van der Waals surface area contributed by atoms with E-state index < -0.39 is 18.6 Å². The number of ketones is 1. The van der Waals surface area contributed by atoms with Crippen LogP contribution in [0.15, 0.2) is 48.5 Å². The Balaban J connectivity index is 1.32. The molecule has 4 rings (SSSR count). The molecule has 0 radical (unpaired) electrons. The van der Waals surface area contributed by atoms with E-state index in [-0.39, 0.29) is 36.2 Å². The summed E-state index contributed by atoms with van der Waals surface area (Å²) >= 11 is 0. The van der Waals surface area contributed by atoms with E-state index in [2.05, 4.69) is 4.90 Å². The lowest BCUT2D eigenvalue weighted by Gasteiger charge is -2.36. The largest absolute Gasteiger partial charge is 0.494 e. The first-order chi connectivity index (χ1) is 17.9. The van der Waals surface area contributed by atoms with Crippen molar-refractivity contribution in [1.29, 1.82) is 0 Å². The number of benzene rings is 2. The molecule has 0 aliphatic carbocycles. The van der Waals surface area contributed by atoms with Crippen molar-refractivity contribution in [3.05, 3.63) is 59.7 Å². The number of carbonyl (C=O) groups is 4. The van der Waals surface area contributed by atoms with Gasteiger partial charge in [-0.25, -0.2) is 9.69 Å². The van der Waals surface area contributed by atoms with Gasteiger partial charge in [0.15, 0.2) is 12.4 Å². The molecular formula is C27H31N3O7. The highest BCUT2D eigenvalue weighted by atomic mass is 16.5. The lowest BCUT2D eigenvalue weighted by atomic mass is 10.1. The third kappa shape index (κ3) is 6.22. The van der Waals surface area contributed by atoms with Gasteiger partial charge in [-0.1, -0.05) is 0 Å². The van der Waals surface area contributed by atoms with E-state index >= 15 is 0 Å². The van der Waals surface area contributed by atoms with Crippen molar-refractivity contribution in [2.24, 2.45) is 0 Å². The lowest BCUT2D eigenvalue weighted by Crippen LogP contribution is -2.52. The van der Waals surface area contributed by atoms with Gasteiger partial charge in [0.1, 0.15) is 5.75 Å². The van der Waals surface area contributed by atoms with Crippen molar-refractivity contribution in [3.8, 4) is 5.75 Å². The number of rotatable bonds is 10. The van der Waals surface area contributed by atoms with Crippen molar-refractivity contribution in [2.45, 2.75) is 19.4 Å². The summed E-state index contributed by atoms with van der Waals surface area (Å²) in [6, 6.07) is 12.1. The molecule has 2 fully saturated rings. The highest BCUT2D eigenvalue weighted by molar-refractivity contribution is 6.22. The zero-order valence-electron chi connectivity index (χ0n) is 20.8. The molecule has 37 heavy (non-hydrogen) atoms. The van der Waals surface area contributed by atoms with Crippen LogP contribution >= 0.6 is 0 Å². The van der Waals surface area contributed by atoms with E-state index in [4.69, 9.17) is 14.6 Å². The first kappa shape index (κ1) is 26.5. The average molecular weight is 510 g/mol. The molecule has 1 unspecified atom stereocenters. The molecule has 2 heterocycles. The molecule has 2 saturated heterocycles. The van der Waals surface area contributed by atoms with Crippen LogP contribution in [0.4, 0.5) is 5.69 Å². The van der Waals surface area contributed by atoms with Crippen LogP contribution in [0.5, 0.6) is 5.75 Å². The minimum Gasteiger partial charge on any atom is -0.494 e. The number of β-amino-alcohol motifs (C(OH)–C–C–N with tert-alkyl or cyclic N) is 1. The van der Waals surface area contributed by atoms with Crippen LogP contribution in [-0.2, 0) is 14.3 Å². The first-order valence-corrected chi connectivity index (χ1v) is 12.4. The molecule has 10 heteroatoms. The Kier molecular flexibility index (Phi) is 8.65. The maximum atomic E-state index is 13.1. The summed E-state index contributed by atoms with van der Waals surface area (Å²) in [5.41, 5.74) is 0.999. The fourth-order valence-electron chi connectivity index (χ4n) is 4.56. The SMILES string of the molecule is CCOc1ccc(C(=O)COC(=O)c2ccc(N3C(=O)CC(N4CCN(CCO)CC4)C3=O)cc2)cc1. The number of amides is 2. The second-order valence-corrected chi connectivity index (χ2v) is 8.89. The maximum Gasteiger partial charge on any atom is 0.338 e. The van der Waals surface area contributed by atoms with E-state index in [1.807, 2.05) is 11.8 Å². The number of anilines is 1. The summed E-state index contributed by atoms with van der Waals surface area (Å²) in [4.78, 5) is 55.9. The second-order valence-electron chi connectivity index (χ2n) is 8.89. The highest BCUT2D eigenvalue weighted by Crippen LogP contribution is 2.27. The Morgan fingerprint density at radius 2 is 1.59 bits per heavy atom. The Morgan fingerprint density at radius 1 is 0.946 bits per heavy atom. The number of carbonyl (C=O) groups excluding carboxylic acids is 4. The smallest absolute Gasteiger partial charge is 0.338 e. The highest BCUT2D eigenvalue weighted by Gasteiger charge is 2.43. The van der Waals surface area contributed by atoms with Crippen LogP contribution in [0.25, 0.3) is 0 Å². The zero-order valence-corrected chi connectivity index (χ0v) is 20.8. The Hall–Kier alpha value is -3.60. The van der Waals surface area contributed by atoms with Crippen molar-refractivity contribution in [2.75, 3.05) is 57.4 Å². The van der Waals surface area contributed by atoms with E-state index in [0.29, 0.717) is 43.2 Å². The maximum absolute atomic E-state index is 13.1. The summed E-state index contributed by atoms with van der Waals surface area (Å²) < 4.78 is 10.5. The Bertz CT molecular complexity index is 1130. The molecule has 1 atom stereocenters. The van der Waals surface area contributed by atoms with Crippen molar-refractivity contribution < 1.29 is 33.8 Å². The molecule has 1 N–H and O–H groups in total.